The van der Waals surface area contributed by atoms with Gasteiger partial charge < -0.3 is 15.7 Å². The van der Waals surface area contributed by atoms with Crippen LogP contribution in [0, 0.1) is 5.41 Å². The number of aromatic nitrogens is 2. The summed E-state index contributed by atoms with van der Waals surface area (Å²) in [4.78, 5) is 9.15. The molecule has 0 radical (unpaired) electrons. The van der Waals surface area contributed by atoms with E-state index in [-0.39, 0.29) is 17.6 Å². The molecule has 0 saturated heterocycles. The molecule has 21 heavy (non-hydrogen) atoms. The second-order valence-electron chi connectivity index (χ2n) is 6.50. The molecule has 2 unspecified atom stereocenters. The molecule has 118 valence electrons. The maximum absolute atomic E-state index is 9.85. The normalized spacial score (nSPS) is 23.5. The predicted molar refractivity (Wildman–Crippen MR) is 86.6 cm³/mol. The van der Waals surface area contributed by atoms with E-state index in [2.05, 4.69) is 48.3 Å². The molecule has 5 nitrogen and oxygen atoms in total. The Kier molecular flexibility index (Phi) is 5.04. The van der Waals surface area contributed by atoms with Crippen LogP contribution in [-0.2, 0) is 6.42 Å². The zero-order valence-corrected chi connectivity index (χ0v) is 13.6. The number of rotatable bonds is 7. The van der Waals surface area contributed by atoms with Crippen LogP contribution in [0.4, 0.5) is 11.6 Å². The van der Waals surface area contributed by atoms with Gasteiger partial charge in [-0.15, -0.1) is 0 Å². The maximum atomic E-state index is 9.85. The fraction of sp³-hybridized carbons (Fsp3) is 0.750. The lowest BCUT2D eigenvalue weighted by Gasteiger charge is -2.49. The van der Waals surface area contributed by atoms with E-state index in [0.717, 1.165) is 49.7 Å². The van der Waals surface area contributed by atoms with Gasteiger partial charge in [-0.25, -0.2) is 9.97 Å². The zero-order chi connectivity index (χ0) is 15.5. The largest absolute Gasteiger partial charge is 0.392 e. The number of aliphatic hydroxyl groups is 1. The Balaban J connectivity index is 2.12. The van der Waals surface area contributed by atoms with Gasteiger partial charge in [-0.05, 0) is 19.3 Å². The SMILES string of the molecule is CCCNc1cc(NC2CC(O)C2(C)C)nc(CCC)n1. The lowest BCUT2D eigenvalue weighted by Crippen LogP contribution is -2.57. The first-order chi connectivity index (χ1) is 9.97. The average Bonchev–Trinajstić information content (AvgIpc) is 2.45. The summed E-state index contributed by atoms with van der Waals surface area (Å²) in [6.07, 6.45) is 3.53. The predicted octanol–water partition coefficient (Wildman–Crippen LogP) is 2.82. The molecule has 5 heteroatoms. The fourth-order valence-corrected chi connectivity index (χ4v) is 2.58. The Morgan fingerprint density at radius 3 is 2.52 bits per heavy atom. The van der Waals surface area contributed by atoms with Gasteiger partial charge in [0.05, 0.1) is 6.10 Å². The lowest BCUT2D eigenvalue weighted by molar-refractivity contribution is -0.0511. The van der Waals surface area contributed by atoms with Crippen LogP contribution in [0.1, 0.15) is 52.8 Å². The van der Waals surface area contributed by atoms with Crippen molar-refractivity contribution in [2.75, 3.05) is 17.2 Å². The highest BCUT2D eigenvalue weighted by atomic mass is 16.3. The van der Waals surface area contributed by atoms with Gasteiger partial charge in [-0.3, -0.25) is 0 Å². The van der Waals surface area contributed by atoms with Gasteiger partial charge in [-0.1, -0.05) is 27.7 Å². The van der Waals surface area contributed by atoms with Gasteiger partial charge in [0, 0.05) is 30.5 Å². The number of hydrogen-bond donors (Lipinski definition) is 3. The summed E-state index contributed by atoms with van der Waals surface area (Å²) >= 11 is 0. The summed E-state index contributed by atoms with van der Waals surface area (Å²) in [6, 6.07) is 2.23. The van der Waals surface area contributed by atoms with Crippen LogP contribution in [0.3, 0.4) is 0 Å². The molecule has 0 spiro atoms. The minimum atomic E-state index is -0.232. The van der Waals surface area contributed by atoms with Crippen molar-refractivity contribution >= 4 is 11.6 Å². The van der Waals surface area contributed by atoms with Gasteiger partial charge in [0.1, 0.15) is 17.5 Å². The third-order valence-electron chi connectivity index (χ3n) is 4.34. The second-order valence-corrected chi connectivity index (χ2v) is 6.50. The smallest absolute Gasteiger partial charge is 0.133 e. The lowest BCUT2D eigenvalue weighted by atomic mass is 9.64. The van der Waals surface area contributed by atoms with Crippen LogP contribution >= 0.6 is 0 Å². The minimum Gasteiger partial charge on any atom is -0.392 e. The Labute approximate surface area is 127 Å². The Bertz CT molecular complexity index is 475. The van der Waals surface area contributed by atoms with E-state index in [9.17, 15) is 5.11 Å². The van der Waals surface area contributed by atoms with E-state index in [1.807, 2.05) is 6.07 Å². The fourth-order valence-electron chi connectivity index (χ4n) is 2.58. The van der Waals surface area contributed by atoms with Crippen LogP contribution in [0.25, 0.3) is 0 Å². The molecule has 3 N–H and O–H groups in total. The summed E-state index contributed by atoms with van der Waals surface area (Å²) < 4.78 is 0. The Hall–Kier alpha value is -1.36. The first-order valence-electron chi connectivity index (χ1n) is 8.03. The number of nitrogens with one attached hydrogen (secondary N) is 2. The van der Waals surface area contributed by atoms with Gasteiger partial charge in [0.2, 0.25) is 0 Å². The van der Waals surface area contributed by atoms with E-state index in [1.165, 1.54) is 0 Å². The molecule has 1 heterocycles. The highest BCUT2D eigenvalue weighted by molar-refractivity contribution is 5.49. The summed E-state index contributed by atoms with van der Waals surface area (Å²) in [7, 11) is 0. The van der Waals surface area contributed by atoms with Crippen LogP contribution in [0.5, 0.6) is 0 Å². The standard InChI is InChI=1S/C16H28N4O/c1-5-7-13-19-14(17-8-6-2)10-15(20-13)18-11-9-12(21)16(11,3)4/h10-12,21H,5-9H2,1-4H3,(H2,17,18,19,20). The number of hydrogen-bond acceptors (Lipinski definition) is 5. The molecule has 0 amide bonds. The maximum Gasteiger partial charge on any atom is 0.133 e. The molecular weight excluding hydrogens is 264 g/mol. The van der Waals surface area contributed by atoms with Gasteiger partial charge in [0.25, 0.3) is 0 Å². The van der Waals surface area contributed by atoms with Gasteiger partial charge >= 0.3 is 0 Å². The summed E-state index contributed by atoms with van der Waals surface area (Å²) in [5.74, 6) is 2.62. The third-order valence-corrected chi connectivity index (χ3v) is 4.34. The molecule has 2 atom stereocenters. The van der Waals surface area contributed by atoms with E-state index in [1.54, 1.807) is 0 Å². The molecule has 0 aromatic carbocycles. The van der Waals surface area contributed by atoms with Gasteiger partial charge in [0.15, 0.2) is 0 Å². The van der Waals surface area contributed by atoms with Crippen molar-refractivity contribution in [3.63, 3.8) is 0 Å². The molecule has 1 aromatic rings. The molecule has 1 aromatic heterocycles. The molecule has 1 saturated carbocycles. The number of aryl methyl sites for hydroxylation is 1. The average molecular weight is 292 g/mol. The van der Waals surface area contributed by atoms with Crippen molar-refractivity contribution in [2.24, 2.45) is 5.41 Å². The van der Waals surface area contributed by atoms with E-state index >= 15 is 0 Å². The first-order valence-corrected chi connectivity index (χ1v) is 8.03. The van der Waals surface area contributed by atoms with Crippen molar-refractivity contribution in [1.29, 1.82) is 0 Å². The van der Waals surface area contributed by atoms with Crippen LogP contribution in [0.2, 0.25) is 0 Å². The Morgan fingerprint density at radius 1 is 1.24 bits per heavy atom. The molecule has 0 aliphatic heterocycles. The first kappa shape index (κ1) is 16.0. The Morgan fingerprint density at radius 2 is 1.95 bits per heavy atom. The van der Waals surface area contributed by atoms with E-state index in [4.69, 9.17) is 0 Å². The topological polar surface area (TPSA) is 70.1 Å². The van der Waals surface area contributed by atoms with Crippen molar-refractivity contribution in [1.82, 2.24) is 9.97 Å². The summed E-state index contributed by atoms with van der Waals surface area (Å²) in [5.41, 5.74) is -0.104. The van der Waals surface area contributed by atoms with Crippen LogP contribution < -0.4 is 10.6 Å². The van der Waals surface area contributed by atoms with Crippen LogP contribution in [0.15, 0.2) is 6.07 Å². The third kappa shape index (κ3) is 3.64. The quantitative estimate of drug-likeness (QED) is 0.721. The number of aliphatic hydroxyl groups excluding tert-OH is 1. The second kappa shape index (κ2) is 6.60. The zero-order valence-electron chi connectivity index (χ0n) is 13.6. The molecule has 1 fully saturated rings. The molecule has 1 aliphatic carbocycles. The molecule has 0 bridgehead atoms. The van der Waals surface area contributed by atoms with E-state index < -0.39 is 0 Å². The molecule has 1 aliphatic rings. The van der Waals surface area contributed by atoms with Crippen molar-refractivity contribution < 1.29 is 5.11 Å². The molecular formula is C16H28N4O. The molecule has 2 rings (SSSR count). The summed E-state index contributed by atoms with van der Waals surface area (Å²) in [5, 5.41) is 16.6. The summed E-state index contributed by atoms with van der Waals surface area (Å²) in [6.45, 7) is 9.36. The van der Waals surface area contributed by atoms with Crippen molar-refractivity contribution in [3.05, 3.63) is 11.9 Å². The monoisotopic (exact) mass is 292 g/mol. The van der Waals surface area contributed by atoms with E-state index in [0.29, 0.717) is 0 Å². The highest BCUT2D eigenvalue weighted by Gasteiger charge is 2.47. The highest BCUT2D eigenvalue weighted by Crippen LogP contribution is 2.42. The van der Waals surface area contributed by atoms with Crippen molar-refractivity contribution in [2.45, 2.75) is 65.5 Å². The number of anilines is 2. The van der Waals surface area contributed by atoms with Gasteiger partial charge in [-0.2, -0.15) is 0 Å². The van der Waals surface area contributed by atoms with Crippen molar-refractivity contribution in [3.8, 4) is 0 Å². The minimum absolute atomic E-state index is 0.104. The van der Waals surface area contributed by atoms with Crippen LogP contribution in [-0.4, -0.2) is 33.8 Å². The number of nitrogens with zero attached hydrogens (tertiary/aromatic N) is 2.